The van der Waals surface area contributed by atoms with Crippen molar-refractivity contribution in [3.63, 3.8) is 0 Å². The van der Waals surface area contributed by atoms with Crippen molar-refractivity contribution in [1.82, 2.24) is 15.0 Å². The highest BCUT2D eigenvalue weighted by Gasteiger charge is 2.21. The highest BCUT2D eigenvalue weighted by Crippen LogP contribution is 2.27. The van der Waals surface area contributed by atoms with Gasteiger partial charge in [0, 0.05) is 38.9 Å². The van der Waals surface area contributed by atoms with Gasteiger partial charge in [-0.15, -0.1) is 0 Å². The number of pyridine rings is 1. The van der Waals surface area contributed by atoms with Crippen LogP contribution in [0.5, 0.6) is 0 Å². The molecule has 0 aliphatic carbocycles. The molecule has 28 heavy (non-hydrogen) atoms. The SMILES string of the molecule is Cc1ccc(CNc2ncnc(N3CCN(c4ccccn4)CC3)c2N)cc1. The molecule has 1 aromatic carbocycles. The largest absolute Gasteiger partial charge is 0.393 e. The lowest BCUT2D eigenvalue weighted by Crippen LogP contribution is -2.47. The summed E-state index contributed by atoms with van der Waals surface area (Å²) < 4.78 is 0. The molecule has 0 radical (unpaired) electrons. The van der Waals surface area contributed by atoms with Gasteiger partial charge in [-0.25, -0.2) is 15.0 Å². The van der Waals surface area contributed by atoms with E-state index in [9.17, 15) is 0 Å². The Labute approximate surface area is 165 Å². The van der Waals surface area contributed by atoms with E-state index in [-0.39, 0.29) is 0 Å². The van der Waals surface area contributed by atoms with Crippen molar-refractivity contribution < 1.29 is 0 Å². The smallest absolute Gasteiger partial charge is 0.157 e. The fourth-order valence-corrected chi connectivity index (χ4v) is 3.36. The summed E-state index contributed by atoms with van der Waals surface area (Å²) in [5, 5.41) is 3.34. The number of anilines is 4. The van der Waals surface area contributed by atoms with E-state index in [1.165, 1.54) is 11.1 Å². The molecule has 0 saturated carbocycles. The molecule has 4 rings (SSSR count). The fourth-order valence-electron chi connectivity index (χ4n) is 3.36. The lowest BCUT2D eigenvalue weighted by Gasteiger charge is -2.36. The Morgan fingerprint density at radius 1 is 0.929 bits per heavy atom. The molecular weight excluding hydrogens is 350 g/mol. The Balaban J connectivity index is 1.41. The standard InChI is InChI=1S/C21H25N7/c1-16-5-7-17(8-6-16)14-24-20-19(22)21(26-15-25-20)28-12-10-27(11-13-28)18-4-2-3-9-23-18/h2-9,15H,10-14,22H2,1H3,(H,24,25,26). The number of aryl methyl sites for hydroxylation is 1. The molecule has 3 heterocycles. The quantitative estimate of drug-likeness (QED) is 0.709. The Kier molecular flexibility index (Phi) is 5.23. The second-order valence-corrected chi connectivity index (χ2v) is 6.96. The Morgan fingerprint density at radius 3 is 2.39 bits per heavy atom. The van der Waals surface area contributed by atoms with Crippen LogP contribution in [0.15, 0.2) is 55.0 Å². The van der Waals surface area contributed by atoms with E-state index >= 15 is 0 Å². The first-order valence-electron chi connectivity index (χ1n) is 9.51. The van der Waals surface area contributed by atoms with Gasteiger partial charge in [-0.1, -0.05) is 35.9 Å². The average molecular weight is 375 g/mol. The Bertz CT molecular complexity index is 904. The summed E-state index contributed by atoms with van der Waals surface area (Å²) >= 11 is 0. The molecule has 0 spiro atoms. The number of rotatable bonds is 5. The molecule has 144 valence electrons. The van der Waals surface area contributed by atoms with E-state index in [0.29, 0.717) is 18.1 Å². The van der Waals surface area contributed by atoms with Gasteiger partial charge in [0.2, 0.25) is 0 Å². The number of hydrogen-bond acceptors (Lipinski definition) is 7. The lowest BCUT2D eigenvalue weighted by atomic mass is 10.1. The summed E-state index contributed by atoms with van der Waals surface area (Å²) in [4.78, 5) is 17.7. The summed E-state index contributed by atoms with van der Waals surface area (Å²) in [6.07, 6.45) is 3.41. The van der Waals surface area contributed by atoms with Gasteiger partial charge in [0.1, 0.15) is 17.8 Å². The number of hydrogen-bond donors (Lipinski definition) is 2. The maximum atomic E-state index is 6.39. The van der Waals surface area contributed by atoms with Crippen LogP contribution in [0.2, 0.25) is 0 Å². The zero-order valence-corrected chi connectivity index (χ0v) is 16.0. The summed E-state index contributed by atoms with van der Waals surface area (Å²) in [6, 6.07) is 14.4. The number of piperazine rings is 1. The van der Waals surface area contributed by atoms with Crippen molar-refractivity contribution in [3.05, 3.63) is 66.1 Å². The monoisotopic (exact) mass is 375 g/mol. The first kappa shape index (κ1) is 18.0. The fraction of sp³-hybridized carbons (Fsp3) is 0.286. The van der Waals surface area contributed by atoms with Gasteiger partial charge in [0.25, 0.3) is 0 Å². The molecule has 2 aromatic heterocycles. The number of nitrogens with two attached hydrogens (primary N) is 1. The van der Waals surface area contributed by atoms with Gasteiger partial charge in [-0.05, 0) is 24.6 Å². The Morgan fingerprint density at radius 2 is 1.68 bits per heavy atom. The van der Waals surface area contributed by atoms with Gasteiger partial charge in [-0.3, -0.25) is 0 Å². The molecule has 3 aromatic rings. The van der Waals surface area contributed by atoms with Crippen LogP contribution in [0.1, 0.15) is 11.1 Å². The third-order valence-electron chi connectivity index (χ3n) is 5.00. The van der Waals surface area contributed by atoms with Crippen molar-refractivity contribution in [2.75, 3.05) is 47.0 Å². The number of nitrogens with zero attached hydrogens (tertiary/aromatic N) is 5. The van der Waals surface area contributed by atoms with Crippen molar-refractivity contribution >= 4 is 23.1 Å². The minimum atomic E-state index is 0.598. The van der Waals surface area contributed by atoms with Crippen LogP contribution >= 0.6 is 0 Å². The summed E-state index contributed by atoms with van der Waals surface area (Å²) in [7, 11) is 0. The van der Waals surface area contributed by atoms with Crippen molar-refractivity contribution in [1.29, 1.82) is 0 Å². The van der Waals surface area contributed by atoms with Crippen molar-refractivity contribution in [3.8, 4) is 0 Å². The van der Waals surface area contributed by atoms with E-state index < -0.39 is 0 Å². The molecule has 0 bridgehead atoms. The van der Waals surface area contributed by atoms with Gasteiger partial charge >= 0.3 is 0 Å². The second kappa shape index (κ2) is 8.12. The maximum Gasteiger partial charge on any atom is 0.157 e. The Hall–Kier alpha value is -3.35. The number of nitrogen functional groups attached to an aromatic ring is 1. The third kappa shape index (κ3) is 3.98. The molecular formula is C21H25N7. The molecule has 7 nitrogen and oxygen atoms in total. The van der Waals surface area contributed by atoms with E-state index in [2.05, 4.69) is 61.3 Å². The number of nitrogens with one attached hydrogen (secondary N) is 1. The first-order valence-corrected chi connectivity index (χ1v) is 9.51. The zero-order valence-electron chi connectivity index (χ0n) is 16.0. The van der Waals surface area contributed by atoms with Gasteiger partial charge in [0.05, 0.1) is 0 Å². The van der Waals surface area contributed by atoms with Gasteiger partial charge in [0.15, 0.2) is 11.6 Å². The maximum absolute atomic E-state index is 6.39. The highest BCUT2D eigenvalue weighted by atomic mass is 15.3. The predicted molar refractivity (Wildman–Crippen MR) is 114 cm³/mol. The van der Waals surface area contributed by atoms with Crippen LogP contribution in [-0.2, 0) is 6.54 Å². The minimum Gasteiger partial charge on any atom is -0.393 e. The molecule has 1 fully saturated rings. The van der Waals surface area contributed by atoms with Crippen molar-refractivity contribution in [2.45, 2.75) is 13.5 Å². The molecule has 1 aliphatic heterocycles. The number of benzene rings is 1. The third-order valence-corrected chi connectivity index (χ3v) is 5.00. The van der Waals surface area contributed by atoms with E-state index in [1.807, 2.05) is 24.4 Å². The van der Waals surface area contributed by atoms with Crippen LogP contribution in [-0.4, -0.2) is 41.1 Å². The summed E-state index contributed by atoms with van der Waals surface area (Å²) in [6.45, 7) is 6.21. The van der Waals surface area contributed by atoms with Crippen LogP contribution < -0.4 is 20.9 Å². The highest BCUT2D eigenvalue weighted by molar-refractivity contribution is 5.75. The minimum absolute atomic E-state index is 0.598. The molecule has 1 aliphatic rings. The van der Waals surface area contributed by atoms with Crippen molar-refractivity contribution in [2.24, 2.45) is 0 Å². The summed E-state index contributed by atoms with van der Waals surface area (Å²) in [5.74, 6) is 2.48. The van der Waals surface area contributed by atoms with Crippen LogP contribution in [0.4, 0.5) is 23.1 Å². The number of aromatic nitrogens is 3. The second-order valence-electron chi connectivity index (χ2n) is 6.96. The van der Waals surface area contributed by atoms with E-state index in [1.54, 1.807) is 6.33 Å². The van der Waals surface area contributed by atoms with Gasteiger partial charge < -0.3 is 20.9 Å². The van der Waals surface area contributed by atoms with Crippen LogP contribution in [0.25, 0.3) is 0 Å². The molecule has 3 N–H and O–H groups in total. The average Bonchev–Trinajstić information content (AvgIpc) is 2.75. The molecule has 0 atom stereocenters. The molecule has 7 heteroatoms. The topological polar surface area (TPSA) is 83.2 Å². The molecule has 0 amide bonds. The van der Waals surface area contributed by atoms with Gasteiger partial charge in [-0.2, -0.15) is 0 Å². The zero-order chi connectivity index (χ0) is 19.3. The van der Waals surface area contributed by atoms with E-state index in [0.717, 1.165) is 37.8 Å². The first-order chi connectivity index (χ1) is 13.7. The van der Waals surface area contributed by atoms with Crippen LogP contribution in [0.3, 0.4) is 0 Å². The summed E-state index contributed by atoms with van der Waals surface area (Å²) in [5.41, 5.74) is 9.43. The molecule has 1 saturated heterocycles. The van der Waals surface area contributed by atoms with E-state index in [4.69, 9.17) is 5.73 Å². The lowest BCUT2D eigenvalue weighted by molar-refractivity contribution is 0.642. The molecule has 0 unspecified atom stereocenters. The predicted octanol–water partition coefficient (Wildman–Crippen LogP) is 2.70. The normalized spacial score (nSPS) is 14.2. The van der Waals surface area contributed by atoms with Crippen LogP contribution in [0, 0.1) is 6.92 Å².